The molecule has 106 valence electrons. The molecule has 0 amide bonds. The lowest BCUT2D eigenvalue weighted by Crippen LogP contribution is -2.29. The largest absolute Gasteiger partial charge is 0.497 e. The molecule has 0 spiro atoms. The number of hydrogen-bond acceptors (Lipinski definition) is 5. The maximum absolute atomic E-state index is 14.1. The van der Waals surface area contributed by atoms with Gasteiger partial charge in [-0.3, -0.25) is 10.8 Å². The fourth-order valence-corrected chi connectivity index (χ4v) is 1.94. The number of pyridine rings is 1. The number of nitrogens with zero attached hydrogens (tertiary/aromatic N) is 1. The lowest BCUT2D eigenvalue weighted by molar-refractivity contribution is 0.409. The Kier molecular flexibility index (Phi) is 4.49. The molecule has 1 atom stereocenters. The molecule has 0 bridgehead atoms. The van der Waals surface area contributed by atoms with Crippen molar-refractivity contribution in [2.24, 2.45) is 5.84 Å². The van der Waals surface area contributed by atoms with Crippen molar-refractivity contribution >= 4 is 0 Å². The number of nitrogens with two attached hydrogens (primary N) is 1. The van der Waals surface area contributed by atoms with Crippen molar-refractivity contribution in [2.75, 3.05) is 14.2 Å². The zero-order valence-corrected chi connectivity index (χ0v) is 11.3. The average Bonchev–Trinajstić information content (AvgIpc) is 2.49. The van der Waals surface area contributed by atoms with Crippen molar-refractivity contribution in [3.05, 3.63) is 53.6 Å². The lowest BCUT2D eigenvalue weighted by Gasteiger charge is -2.18. The fourth-order valence-electron chi connectivity index (χ4n) is 1.94. The van der Waals surface area contributed by atoms with Crippen LogP contribution >= 0.6 is 0 Å². The van der Waals surface area contributed by atoms with E-state index in [1.807, 2.05) is 0 Å². The maximum atomic E-state index is 14.1. The number of aromatic nitrogens is 1. The third-order valence-electron chi connectivity index (χ3n) is 2.99. The first-order valence-electron chi connectivity index (χ1n) is 5.98. The number of ether oxygens (including phenoxy) is 2. The van der Waals surface area contributed by atoms with Gasteiger partial charge in [0.2, 0.25) is 0 Å². The first-order valence-corrected chi connectivity index (χ1v) is 5.98. The predicted octanol–water partition coefficient (Wildman–Crippen LogP) is 1.79. The van der Waals surface area contributed by atoms with E-state index in [4.69, 9.17) is 15.3 Å². The molecular formula is C14H16FN3O2. The van der Waals surface area contributed by atoms with E-state index in [-0.39, 0.29) is 0 Å². The Morgan fingerprint density at radius 3 is 2.50 bits per heavy atom. The van der Waals surface area contributed by atoms with Gasteiger partial charge in [-0.1, -0.05) is 6.07 Å². The van der Waals surface area contributed by atoms with Crippen LogP contribution < -0.4 is 20.7 Å². The zero-order chi connectivity index (χ0) is 14.5. The number of hydrazine groups is 1. The Labute approximate surface area is 116 Å². The molecule has 0 fully saturated rings. The third kappa shape index (κ3) is 2.87. The minimum Gasteiger partial charge on any atom is -0.497 e. The van der Waals surface area contributed by atoms with Crippen LogP contribution in [0.1, 0.15) is 17.2 Å². The Bertz CT molecular complexity index is 592. The molecule has 1 heterocycles. The highest BCUT2D eigenvalue weighted by Crippen LogP contribution is 2.27. The predicted molar refractivity (Wildman–Crippen MR) is 72.9 cm³/mol. The monoisotopic (exact) mass is 277 g/mol. The van der Waals surface area contributed by atoms with E-state index >= 15 is 0 Å². The molecule has 2 rings (SSSR count). The smallest absolute Gasteiger partial charge is 0.137 e. The zero-order valence-electron chi connectivity index (χ0n) is 11.3. The van der Waals surface area contributed by atoms with Crippen LogP contribution in [-0.4, -0.2) is 19.2 Å². The van der Waals surface area contributed by atoms with Crippen molar-refractivity contribution in [1.82, 2.24) is 10.4 Å². The third-order valence-corrected chi connectivity index (χ3v) is 2.99. The van der Waals surface area contributed by atoms with Gasteiger partial charge in [0.15, 0.2) is 0 Å². The Hall–Kier alpha value is -2.18. The highest BCUT2D eigenvalue weighted by molar-refractivity contribution is 5.37. The fraction of sp³-hybridized carbons (Fsp3) is 0.214. The van der Waals surface area contributed by atoms with Gasteiger partial charge in [0.05, 0.1) is 26.5 Å². The van der Waals surface area contributed by atoms with Gasteiger partial charge in [-0.25, -0.2) is 9.82 Å². The summed E-state index contributed by atoms with van der Waals surface area (Å²) >= 11 is 0. The SMILES string of the molecule is COc1cncc(C(NN)c2ccc(OC)cc2F)c1. The quantitative estimate of drug-likeness (QED) is 0.644. The molecule has 0 aliphatic heterocycles. The molecule has 20 heavy (non-hydrogen) atoms. The Morgan fingerprint density at radius 2 is 1.90 bits per heavy atom. The van der Waals surface area contributed by atoms with Crippen molar-refractivity contribution in [2.45, 2.75) is 6.04 Å². The van der Waals surface area contributed by atoms with Gasteiger partial charge < -0.3 is 9.47 Å². The minimum atomic E-state index is -0.525. The molecule has 6 heteroatoms. The molecule has 2 aromatic rings. The van der Waals surface area contributed by atoms with E-state index in [1.165, 1.54) is 13.2 Å². The molecule has 0 saturated carbocycles. The second-order valence-electron chi connectivity index (χ2n) is 4.15. The van der Waals surface area contributed by atoms with Gasteiger partial charge in [-0.2, -0.15) is 0 Å². The maximum Gasteiger partial charge on any atom is 0.137 e. The first-order chi connectivity index (χ1) is 9.69. The van der Waals surface area contributed by atoms with Crippen molar-refractivity contribution < 1.29 is 13.9 Å². The standard InChI is InChI=1S/C14H16FN3O2/c1-19-10-3-4-12(13(15)6-10)14(18-16)9-5-11(20-2)8-17-7-9/h3-8,14,18H,16H2,1-2H3. The van der Waals surface area contributed by atoms with Crippen molar-refractivity contribution in [3.8, 4) is 11.5 Å². The van der Waals surface area contributed by atoms with Crippen LogP contribution in [0.25, 0.3) is 0 Å². The molecule has 0 aliphatic carbocycles. The van der Waals surface area contributed by atoms with E-state index in [9.17, 15) is 4.39 Å². The van der Waals surface area contributed by atoms with Gasteiger partial charge in [0, 0.05) is 17.8 Å². The summed E-state index contributed by atoms with van der Waals surface area (Å²) < 4.78 is 24.2. The van der Waals surface area contributed by atoms with Crippen molar-refractivity contribution in [3.63, 3.8) is 0 Å². The summed E-state index contributed by atoms with van der Waals surface area (Å²) in [6.45, 7) is 0. The normalized spacial score (nSPS) is 12.0. The van der Waals surface area contributed by atoms with Crippen molar-refractivity contribution in [1.29, 1.82) is 0 Å². The first kappa shape index (κ1) is 14.2. The van der Waals surface area contributed by atoms with Gasteiger partial charge >= 0.3 is 0 Å². The average molecular weight is 277 g/mol. The van der Waals surface area contributed by atoms with E-state index in [0.29, 0.717) is 22.6 Å². The van der Waals surface area contributed by atoms with Gasteiger partial charge in [0.25, 0.3) is 0 Å². The van der Waals surface area contributed by atoms with Crippen LogP contribution in [0, 0.1) is 5.82 Å². The molecule has 1 aromatic carbocycles. The summed E-state index contributed by atoms with van der Waals surface area (Å²) in [4.78, 5) is 4.05. The number of rotatable bonds is 5. The molecule has 3 N–H and O–H groups in total. The van der Waals surface area contributed by atoms with Crippen LogP contribution in [0.15, 0.2) is 36.7 Å². The van der Waals surface area contributed by atoms with E-state index in [0.717, 1.165) is 0 Å². The van der Waals surface area contributed by atoms with E-state index in [1.54, 1.807) is 37.7 Å². The number of hydrogen-bond donors (Lipinski definition) is 2. The number of benzene rings is 1. The summed E-state index contributed by atoms with van der Waals surface area (Å²) in [5.74, 6) is 6.17. The molecule has 1 aromatic heterocycles. The summed E-state index contributed by atoms with van der Waals surface area (Å²) in [5.41, 5.74) is 3.70. The number of nitrogens with one attached hydrogen (secondary N) is 1. The lowest BCUT2D eigenvalue weighted by atomic mass is 10.00. The second-order valence-corrected chi connectivity index (χ2v) is 4.15. The molecule has 5 nitrogen and oxygen atoms in total. The highest BCUT2D eigenvalue weighted by atomic mass is 19.1. The van der Waals surface area contributed by atoms with E-state index in [2.05, 4.69) is 10.4 Å². The van der Waals surface area contributed by atoms with Crippen LogP contribution in [0.4, 0.5) is 4.39 Å². The van der Waals surface area contributed by atoms with E-state index < -0.39 is 11.9 Å². The molecular weight excluding hydrogens is 261 g/mol. The van der Waals surface area contributed by atoms with Gasteiger partial charge in [-0.15, -0.1) is 0 Å². The minimum absolute atomic E-state index is 0.406. The van der Waals surface area contributed by atoms with Crippen LogP contribution in [0.3, 0.4) is 0 Å². The van der Waals surface area contributed by atoms with Crippen LogP contribution in [-0.2, 0) is 0 Å². The number of methoxy groups -OCH3 is 2. The molecule has 0 aliphatic rings. The van der Waals surface area contributed by atoms with Crippen LogP contribution in [0.5, 0.6) is 11.5 Å². The Morgan fingerprint density at radius 1 is 1.15 bits per heavy atom. The number of halogens is 1. The van der Waals surface area contributed by atoms with Gasteiger partial charge in [-0.05, 0) is 17.7 Å². The molecule has 0 saturated heterocycles. The second kappa shape index (κ2) is 6.31. The molecule has 1 unspecified atom stereocenters. The summed E-state index contributed by atoms with van der Waals surface area (Å²) in [6.07, 6.45) is 3.18. The summed E-state index contributed by atoms with van der Waals surface area (Å²) in [6, 6.07) is 5.84. The topological polar surface area (TPSA) is 69.4 Å². The Balaban J connectivity index is 2.41. The van der Waals surface area contributed by atoms with Gasteiger partial charge in [0.1, 0.15) is 17.3 Å². The molecule has 0 radical (unpaired) electrons. The van der Waals surface area contributed by atoms with Crippen LogP contribution in [0.2, 0.25) is 0 Å². The summed E-state index contributed by atoms with van der Waals surface area (Å²) in [7, 11) is 3.03. The highest BCUT2D eigenvalue weighted by Gasteiger charge is 2.18. The summed E-state index contributed by atoms with van der Waals surface area (Å²) in [5, 5.41) is 0.